The minimum atomic E-state index is -0.347. The summed E-state index contributed by atoms with van der Waals surface area (Å²) in [5.74, 6) is -0.347. The van der Waals surface area contributed by atoms with Crippen LogP contribution < -0.4 is 0 Å². The number of benzene rings is 1. The van der Waals surface area contributed by atoms with Gasteiger partial charge in [0, 0.05) is 12.7 Å². The molecule has 124 valence electrons. The number of carbonyl (C=O) groups is 1. The molecule has 2 aromatic heterocycles. The van der Waals surface area contributed by atoms with Gasteiger partial charge in [-0.1, -0.05) is 24.3 Å². The van der Waals surface area contributed by atoms with Crippen molar-refractivity contribution in [1.29, 1.82) is 0 Å². The number of aryl methyl sites for hydroxylation is 1. The largest absolute Gasteiger partial charge is 0.461 e. The van der Waals surface area contributed by atoms with Crippen molar-refractivity contribution >= 4 is 5.97 Å². The molecule has 3 rings (SSSR count). The van der Waals surface area contributed by atoms with E-state index >= 15 is 0 Å². The van der Waals surface area contributed by atoms with Crippen molar-refractivity contribution in [2.24, 2.45) is 0 Å². The van der Waals surface area contributed by atoms with Gasteiger partial charge in [-0.05, 0) is 30.5 Å². The normalized spacial score (nSPS) is 10.8. The fourth-order valence-electron chi connectivity index (χ4n) is 2.51. The maximum Gasteiger partial charge on any atom is 0.356 e. The lowest BCUT2D eigenvalue weighted by molar-refractivity contribution is 0.0514. The Morgan fingerprint density at radius 3 is 2.46 bits per heavy atom. The van der Waals surface area contributed by atoms with Gasteiger partial charge < -0.3 is 9.30 Å². The zero-order valence-corrected chi connectivity index (χ0v) is 13.8. The van der Waals surface area contributed by atoms with Crippen molar-refractivity contribution in [3.05, 3.63) is 71.6 Å². The van der Waals surface area contributed by atoms with E-state index in [9.17, 15) is 4.79 Å². The summed E-state index contributed by atoms with van der Waals surface area (Å²) in [5.41, 5.74) is 3.89. The van der Waals surface area contributed by atoms with E-state index in [1.54, 1.807) is 17.8 Å². The summed E-state index contributed by atoms with van der Waals surface area (Å²) in [6.45, 7) is 5.49. The van der Waals surface area contributed by atoms with E-state index in [1.165, 1.54) is 11.8 Å². The quantitative estimate of drug-likeness (QED) is 0.654. The molecule has 0 aliphatic heterocycles. The summed E-state index contributed by atoms with van der Waals surface area (Å²) in [5, 5.41) is 4.30. The number of rotatable bonds is 6. The molecule has 6 nitrogen and oxygen atoms in total. The average molecular weight is 324 g/mol. The summed E-state index contributed by atoms with van der Waals surface area (Å²) >= 11 is 0. The Bertz CT molecular complexity index is 818. The van der Waals surface area contributed by atoms with Crippen LogP contribution in [-0.2, 0) is 17.8 Å². The van der Waals surface area contributed by atoms with Gasteiger partial charge in [0.25, 0.3) is 0 Å². The summed E-state index contributed by atoms with van der Waals surface area (Å²) < 4.78 is 8.75. The molecule has 0 aliphatic carbocycles. The predicted octanol–water partition coefficient (Wildman–Crippen LogP) is 2.66. The molecular weight excluding hydrogens is 304 g/mol. The third-order valence-electron chi connectivity index (χ3n) is 3.68. The summed E-state index contributed by atoms with van der Waals surface area (Å²) in [7, 11) is 0. The number of hydrogen-bond donors (Lipinski definition) is 0. The van der Waals surface area contributed by atoms with Gasteiger partial charge in [0.2, 0.25) is 0 Å². The standard InChI is InChI=1S/C18H20N4O2/c1-3-24-18(23)17-9-19-13-21(17)11-15-4-6-16(7-5-15)12-22-10-14(2)8-20-22/h4-10,13H,3,11-12H2,1-2H3. The number of nitrogens with zero attached hydrogens (tertiary/aromatic N) is 4. The van der Waals surface area contributed by atoms with Gasteiger partial charge in [-0.2, -0.15) is 5.10 Å². The maximum absolute atomic E-state index is 11.9. The van der Waals surface area contributed by atoms with E-state index < -0.39 is 0 Å². The number of ether oxygens (including phenoxy) is 1. The Morgan fingerprint density at radius 2 is 1.83 bits per heavy atom. The third kappa shape index (κ3) is 3.71. The highest BCUT2D eigenvalue weighted by molar-refractivity contribution is 5.87. The molecule has 1 aromatic carbocycles. The minimum absolute atomic E-state index is 0.347. The van der Waals surface area contributed by atoms with Crippen molar-refractivity contribution in [2.45, 2.75) is 26.9 Å². The second-order valence-electron chi connectivity index (χ2n) is 5.66. The van der Waals surface area contributed by atoms with Crippen LogP contribution in [0.3, 0.4) is 0 Å². The molecule has 3 aromatic rings. The Labute approximate surface area is 140 Å². The molecule has 0 bridgehead atoms. The van der Waals surface area contributed by atoms with Crippen molar-refractivity contribution in [2.75, 3.05) is 6.61 Å². The molecule has 2 heterocycles. The zero-order valence-electron chi connectivity index (χ0n) is 13.8. The van der Waals surface area contributed by atoms with Gasteiger partial charge in [0.15, 0.2) is 0 Å². The van der Waals surface area contributed by atoms with Gasteiger partial charge in [-0.3, -0.25) is 4.68 Å². The number of esters is 1. The van der Waals surface area contributed by atoms with Crippen LogP contribution in [0.15, 0.2) is 49.2 Å². The molecule has 0 amide bonds. The van der Waals surface area contributed by atoms with Crippen LogP contribution in [0, 0.1) is 6.92 Å². The Hall–Kier alpha value is -2.89. The SMILES string of the molecule is CCOC(=O)c1cncn1Cc1ccc(Cn2cc(C)cn2)cc1. The predicted molar refractivity (Wildman–Crippen MR) is 89.8 cm³/mol. The van der Waals surface area contributed by atoms with Crippen LogP contribution >= 0.6 is 0 Å². The number of carbonyl (C=O) groups excluding carboxylic acids is 1. The number of aromatic nitrogens is 4. The monoisotopic (exact) mass is 324 g/mol. The lowest BCUT2D eigenvalue weighted by Crippen LogP contribution is -2.12. The van der Waals surface area contributed by atoms with Gasteiger partial charge >= 0.3 is 5.97 Å². The van der Waals surface area contributed by atoms with Crippen LogP contribution in [0.5, 0.6) is 0 Å². The first-order valence-corrected chi connectivity index (χ1v) is 7.90. The molecule has 24 heavy (non-hydrogen) atoms. The van der Waals surface area contributed by atoms with Crippen LogP contribution in [0.4, 0.5) is 0 Å². The Kier molecular flexibility index (Phi) is 4.74. The smallest absolute Gasteiger partial charge is 0.356 e. The first-order chi connectivity index (χ1) is 11.7. The molecule has 0 radical (unpaired) electrons. The molecular formula is C18H20N4O2. The van der Waals surface area contributed by atoms with E-state index in [2.05, 4.69) is 34.3 Å². The average Bonchev–Trinajstić information content (AvgIpc) is 3.19. The van der Waals surface area contributed by atoms with E-state index in [0.29, 0.717) is 18.8 Å². The molecule has 0 saturated heterocycles. The summed E-state index contributed by atoms with van der Waals surface area (Å²) in [6.07, 6.45) is 7.05. The second kappa shape index (κ2) is 7.12. The zero-order chi connectivity index (χ0) is 16.9. The number of hydrogen-bond acceptors (Lipinski definition) is 4. The topological polar surface area (TPSA) is 61.9 Å². The molecule has 0 saturated carbocycles. The second-order valence-corrected chi connectivity index (χ2v) is 5.66. The molecule has 0 aliphatic rings. The summed E-state index contributed by atoms with van der Waals surface area (Å²) in [4.78, 5) is 15.9. The van der Waals surface area contributed by atoms with E-state index in [0.717, 1.165) is 17.7 Å². The highest BCUT2D eigenvalue weighted by atomic mass is 16.5. The minimum Gasteiger partial charge on any atom is -0.461 e. The molecule has 0 atom stereocenters. The van der Waals surface area contributed by atoms with Gasteiger partial charge in [0.05, 0.1) is 31.9 Å². The highest BCUT2D eigenvalue weighted by Crippen LogP contribution is 2.11. The summed E-state index contributed by atoms with van der Waals surface area (Å²) in [6, 6.07) is 8.27. The van der Waals surface area contributed by atoms with Gasteiger partial charge in [0.1, 0.15) is 5.69 Å². The van der Waals surface area contributed by atoms with Gasteiger partial charge in [-0.15, -0.1) is 0 Å². The molecule has 0 spiro atoms. The molecule has 6 heteroatoms. The highest BCUT2D eigenvalue weighted by Gasteiger charge is 2.12. The van der Waals surface area contributed by atoms with E-state index in [1.807, 2.05) is 24.0 Å². The molecule has 0 N–H and O–H groups in total. The fourth-order valence-corrected chi connectivity index (χ4v) is 2.51. The Morgan fingerprint density at radius 1 is 1.12 bits per heavy atom. The third-order valence-corrected chi connectivity index (χ3v) is 3.68. The van der Waals surface area contributed by atoms with Crippen LogP contribution in [0.1, 0.15) is 34.1 Å². The van der Waals surface area contributed by atoms with Crippen LogP contribution in [0.25, 0.3) is 0 Å². The van der Waals surface area contributed by atoms with Gasteiger partial charge in [-0.25, -0.2) is 9.78 Å². The lowest BCUT2D eigenvalue weighted by Gasteiger charge is -2.08. The Balaban J connectivity index is 1.68. The van der Waals surface area contributed by atoms with Crippen molar-refractivity contribution in [3.63, 3.8) is 0 Å². The van der Waals surface area contributed by atoms with E-state index in [-0.39, 0.29) is 5.97 Å². The number of imidazole rings is 1. The first-order valence-electron chi connectivity index (χ1n) is 7.90. The first kappa shape index (κ1) is 16.0. The molecule has 0 unspecified atom stereocenters. The van der Waals surface area contributed by atoms with E-state index in [4.69, 9.17) is 4.74 Å². The van der Waals surface area contributed by atoms with Crippen molar-refractivity contribution in [3.8, 4) is 0 Å². The fraction of sp³-hybridized carbons (Fsp3) is 0.278. The van der Waals surface area contributed by atoms with Crippen LogP contribution in [-0.4, -0.2) is 31.9 Å². The van der Waals surface area contributed by atoms with Crippen molar-refractivity contribution < 1.29 is 9.53 Å². The lowest BCUT2D eigenvalue weighted by atomic mass is 10.1. The van der Waals surface area contributed by atoms with Crippen molar-refractivity contribution in [1.82, 2.24) is 19.3 Å². The molecule has 0 fully saturated rings. The maximum atomic E-state index is 11.9. The van der Waals surface area contributed by atoms with Crippen LogP contribution in [0.2, 0.25) is 0 Å².